The van der Waals surface area contributed by atoms with Gasteiger partial charge in [0.25, 0.3) is 0 Å². The number of aromatic amines is 1. The van der Waals surface area contributed by atoms with Gasteiger partial charge >= 0.3 is 5.97 Å². The molecule has 3 aromatic heterocycles. The molecule has 23 heavy (non-hydrogen) atoms. The van der Waals surface area contributed by atoms with Crippen molar-refractivity contribution in [2.75, 3.05) is 6.61 Å². The maximum atomic E-state index is 12.2. The van der Waals surface area contributed by atoms with Gasteiger partial charge in [0.15, 0.2) is 5.69 Å². The van der Waals surface area contributed by atoms with Crippen molar-refractivity contribution < 1.29 is 9.53 Å². The molecule has 0 spiro atoms. The van der Waals surface area contributed by atoms with Crippen molar-refractivity contribution in [3.63, 3.8) is 0 Å². The summed E-state index contributed by atoms with van der Waals surface area (Å²) in [6.45, 7) is 4.19. The quantitative estimate of drug-likeness (QED) is 0.740. The minimum Gasteiger partial charge on any atom is -0.461 e. The Balaban J connectivity index is 2.18. The molecule has 7 nitrogen and oxygen atoms in total. The molecule has 0 aliphatic carbocycles. The van der Waals surface area contributed by atoms with Crippen LogP contribution in [0.3, 0.4) is 0 Å². The first-order valence-corrected chi connectivity index (χ1v) is 7.26. The lowest BCUT2D eigenvalue weighted by molar-refractivity contribution is 0.0520. The van der Waals surface area contributed by atoms with Crippen molar-refractivity contribution >= 4 is 17.0 Å². The standard InChI is InChI=1S/C16H16N4O3/c1-3-23-16(22)14-13-10(2)8-12(21)18-15(13)20(19-14)9-11-4-6-17-7-5-11/h4-8H,3,9H2,1-2H3,(H,18,21). The number of rotatable bonds is 4. The molecule has 0 amide bonds. The van der Waals surface area contributed by atoms with Gasteiger partial charge in [0.2, 0.25) is 5.56 Å². The van der Waals surface area contributed by atoms with E-state index in [9.17, 15) is 9.59 Å². The van der Waals surface area contributed by atoms with E-state index in [2.05, 4.69) is 15.1 Å². The van der Waals surface area contributed by atoms with Gasteiger partial charge in [-0.1, -0.05) is 0 Å². The van der Waals surface area contributed by atoms with Crippen molar-refractivity contribution in [3.05, 3.63) is 57.8 Å². The van der Waals surface area contributed by atoms with Crippen molar-refractivity contribution in [3.8, 4) is 0 Å². The number of fused-ring (bicyclic) bond motifs is 1. The Hall–Kier alpha value is -2.96. The highest BCUT2D eigenvalue weighted by molar-refractivity contribution is 6.02. The molecule has 3 rings (SSSR count). The fourth-order valence-corrected chi connectivity index (χ4v) is 2.50. The van der Waals surface area contributed by atoms with Crippen LogP contribution in [0.2, 0.25) is 0 Å². The van der Waals surface area contributed by atoms with Gasteiger partial charge in [0.1, 0.15) is 5.65 Å². The Morgan fingerprint density at radius 1 is 1.35 bits per heavy atom. The summed E-state index contributed by atoms with van der Waals surface area (Å²) in [6, 6.07) is 5.15. The summed E-state index contributed by atoms with van der Waals surface area (Å²) in [6.07, 6.45) is 3.36. The van der Waals surface area contributed by atoms with Gasteiger partial charge in [-0.2, -0.15) is 5.10 Å². The van der Waals surface area contributed by atoms with E-state index in [1.54, 1.807) is 30.9 Å². The van der Waals surface area contributed by atoms with Gasteiger partial charge in [-0.25, -0.2) is 9.48 Å². The molecule has 0 bridgehead atoms. The van der Waals surface area contributed by atoms with E-state index in [-0.39, 0.29) is 17.9 Å². The summed E-state index contributed by atoms with van der Waals surface area (Å²) in [5.41, 5.74) is 2.13. The zero-order chi connectivity index (χ0) is 16.4. The number of H-pyrrole nitrogens is 1. The number of aromatic nitrogens is 4. The van der Waals surface area contributed by atoms with Crippen LogP contribution in [-0.2, 0) is 11.3 Å². The number of aryl methyl sites for hydroxylation is 1. The molecular formula is C16H16N4O3. The van der Waals surface area contributed by atoms with Crippen molar-refractivity contribution in [1.82, 2.24) is 19.7 Å². The Morgan fingerprint density at radius 3 is 2.78 bits per heavy atom. The lowest BCUT2D eigenvalue weighted by atomic mass is 10.1. The Kier molecular flexibility index (Phi) is 3.92. The highest BCUT2D eigenvalue weighted by Gasteiger charge is 2.21. The number of carbonyl (C=O) groups is 1. The maximum absolute atomic E-state index is 12.2. The first-order chi connectivity index (χ1) is 11.1. The van der Waals surface area contributed by atoms with Gasteiger partial charge in [0, 0.05) is 18.5 Å². The maximum Gasteiger partial charge on any atom is 0.359 e. The van der Waals surface area contributed by atoms with Crippen molar-refractivity contribution in [2.24, 2.45) is 0 Å². The molecule has 0 saturated carbocycles. The Bertz CT molecular complexity index is 912. The average Bonchev–Trinajstić information content (AvgIpc) is 2.87. The van der Waals surface area contributed by atoms with E-state index in [0.29, 0.717) is 23.1 Å². The molecule has 0 fully saturated rings. The number of esters is 1. The van der Waals surface area contributed by atoms with Crippen LogP contribution >= 0.6 is 0 Å². The summed E-state index contributed by atoms with van der Waals surface area (Å²) in [7, 11) is 0. The first-order valence-electron chi connectivity index (χ1n) is 7.26. The second-order valence-electron chi connectivity index (χ2n) is 5.12. The largest absolute Gasteiger partial charge is 0.461 e. The Morgan fingerprint density at radius 2 is 2.09 bits per heavy atom. The molecule has 0 atom stereocenters. The Labute approximate surface area is 131 Å². The summed E-state index contributed by atoms with van der Waals surface area (Å²) >= 11 is 0. The van der Waals surface area contributed by atoms with Gasteiger partial charge in [0.05, 0.1) is 18.5 Å². The number of ether oxygens (including phenoxy) is 1. The van der Waals surface area contributed by atoms with Gasteiger partial charge < -0.3 is 9.72 Å². The third-order valence-electron chi connectivity index (χ3n) is 3.49. The predicted octanol–water partition coefficient (Wildman–Crippen LogP) is 1.65. The minimum absolute atomic E-state index is 0.213. The van der Waals surface area contributed by atoms with E-state index < -0.39 is 5.97 Å². The molecule has 0 aliphatic rings. The van der Waals surface area contributed by atoms with Crippen LogP contribution in [0.4, 0.5) is 0 Å². The molecule has 0 saturated heterocycles. The van der Waals surface area contributed by atoms with Gasteiger partial charge in [-0.3, -0.25) is 9.78 Å². The molecular weight excluding hydrogens is 296 g/mol. The van der Waals surface area contributed by atoms with E-state index in [4.69, 9.17) is 4.74 Å². The van der Waals surface area contributed by atoms with Crippen LogP contribution in [0.1, 0.15) is 28.5 Å². The molecule has 0 aliphatic heterocycles. The lowest BCUT2D eigenvalue weighted by Gasteiger charge is -2.03. The molecule has 3 heterocycles. The van der Waals surface area contributed by atoms with Crippen LogP contribution < -0.4 is 5.56 Å². The van der Waals surface area contributed by atoms with E-state index >= 15 is 0 Å². The topological polar surface area (TPSA) is 89.9 Å². The average molecular weight is 312 g/mol. The highest BCUT2D eigenvalue weighted by Crippen LogP contribution is 2.21. The molecule has 0 aromatic carbocycles. The number of pyridine rings is 2. The SMILES string of the molecule is CCOC(=O)c1nn(Cc2ccncc2)c2[nH]c(=O)cc(C)c12. The van der Waals surface area contributed by atoms with Gasteiger partial charge in [-0.05, 0) is 37.1 Å². The van der Waals surface area contributed by atoms with Gasteiger partial charge in [-0.15, -0.1) is 0 Å². The van der Waals surface area contributed by atoms with Crippen molar-refractivity contribution in [2.45, 2.75) is 20.4 Å². The molecule has 0 radical (unpaired) electrons. The molecule has 1 N–H and O–H groups in total. The third kappa shape index (κ3) is 2.85. The van der Waals surface area contributed by atoms with E-state index in [1.165, 1.54) is 6.07 Å². The molecule has 0 unspecified atom stereocenters. The predicted molar refractivity (Wildman–Crippen MR) is 84.4 cm³/mol. The van der Waals surface area contributed by atoms with Crippen LogP contribution in [0.5, 0.6) is 0 Å². The fourth-order valence-electron chi connectivity index (χ4n) is 2.50. The van der Waals surface area contributed by atoms with Crippen molar-refractivity contribution in [1.29, 1.82) is 0 Å². The molecule has 118 valence electrons. The first kappa shape index (κ1) is 15.0. The highest BCUT2D eigenvalue weighted by atomic mass is 16.5. The van der Waals surface area contributed by atoms with Crippen LogP contribution in [0, 0.1) is 6.92 Å². The molecule has 7 heteroatoms. The number of nitrogens with zero attached hydrogens (tertiary/aromatic N) is 3. The second kappa shape index (κ2) is 6.04. The zero-order valence-electron chi connectivity index (χ0n) is 12.9. The number of nitrogens with one attached hydrogen (secondary N) is 1. The fraction of sp³-hybridized carbons (Fsp3) is 0.250. The van der Waals surface area contributed by atoms with Crippen LogP contribution in [0.15, 0.2) is 35.4 Å². The van der Waals surface area contributed by atoms with E-state index in [1.807, 2.05) is 12.1 Å². The number of carbonyl (C=O) groups excluding carboxylic acids is 1. The summed E-state index contributed by atoms with van der Waals surface area (Å²) in [5.74, 6) is -0.499. The smallest absolute Gasteiger partial charge is 0.359 e. The summed E-state index contributed by atoms with van der Waals surface area (Å²) in [4.78, 5) is 30.7. The molecule has 3 aromatic rings. The normalized spacial score (nSPS) is 10.9. The van der Waals surface area contributed by atoms with E-state index in [0.717, 1.165) is 5.56 Å². The zero-order valence-corrected chi connectivity index (χ0v) is 12.9. The second-order valence-corrected chi connectivity index (χ2v) is 5.12. The number of hydrogen-bond acceptors (Lipinski definition) is 5. The minimum atomic E-state index is -0.499. The number of hydrogen-bond donors (Lipinski definition) is 1. The van der Waals surface area contributed by atoms with Crippen LogP contribution in [0.25, 0.3) is 11.0 Å². The van der Waals surface area contributed by atoms with Crippen LogP contribution in [-0.4, -0.2) is 32.3 Å². The summed E-state index contributed by atoms with van der Waals surface area (Å²) < 4.78 is 6.67. The lowest BCUT2D eigenvalue weighted by Crippen LogP contribution is -2.09. The monoisotopic (exact) mass is 312 g/mol. The summed E-state index contributed by atoms with van der Waals surface area (Å²) in [5, 5.41) is 4.97. The third-order valence-corrected chi connectivity index (χ3v) is 3.49.